The van der Waals surface area contributed by atoms with Crippen molar-refractivity contribution in [1.82, 2.24) is 0 Å². The molecular weight excluding hydrogens is 1040 g/mol. The molecule has 0 fully saturated rings. The van der Waals surface area contributed by atoms with Gasteiger partial charge in [0.1, 0.15) is 19.8 Å². The topological polar surface area (TPSA) is 108 Å². The first-order valence-electron chi connectivity index (χ1n) is 33.3. The molecule has 0 aromatic heterocycles. The van der Waals surface area contributed by atoms with Crippen LogP contribution in [0.4, 0.5) is 0 Å². The summed E-state index contributed by atoms with van der Waals surface area (Å²) in [4.78, 5) is 35.8. The number of nitrogens with zero attached hydrogens (tertiary/aromatic N) is 1. The number of rotatable bonds is 60. The number of quaternary nitrogens is 1. The highest BCUT2D eigenvalue weighted by molar-refractivity contribution is 7.47. The molecule has 2 unspecified atom stereocenters. The van der Waals surface area contributed by atoms with Gasteiger partial charge >= 0.3 is 19.8 Å². The number of carbonyl (C=O) groups excluding carboxylic acids is 2. The van der Waals surface area contributed by atoms with Crippen molar-refractivity contribution in [2.75, 3.05) is 47.5 Å². The Kier molecular flexibility index (Phi) is 59.2. The van der Waals surface area contributed by atoms with Gasteiger partial charge in [-0.2, -0.15) is 0 Å². The zero-order chi connectivity index (χ0) is 59.8. The third-order valence-electron chi connectivity index (χ3n) is 14.0. The monoisotopic (exact) mass is 1160 g/mol. The van der Waals surface area contributed by atoms with Crippen LogP contribution >= 0.6 is 7.82 Å². The van der Waals surface area contributed by atoms with E-state index >= 15 is 0 Å². The van der Waals surface area contributed by atoms with Crippen LogP contribution in [0.5, 0.6) is 0 Å². The lowest BCUT2D eigenvalue weighted by Crippen LogP contribution is -2.37. The summed E-state index contributed by atoms with van der Waals surface area (Å²) in [7, 11) is 1.47. The lowest BCUT2D eigenvalue weighted by molar-refractivity contribution is -0.870. The predicted octanol–water partition coefficient (Wildman–Crippen LogP) is 21.5. The van der Waals surface area contributed by atoms with Crippen molar-refractivity contribution < 1.29 is 42.1 Å². The third-order valence-corrected chi connectivity index (χ3v) is 15.0. The predicted molar refractivity (Wildman–Crippen MR) is 353 cm³/mol. The Labute approximate surface area is 505 Å². The normalized spacial score (nSPS) is 14.0. The van der Waals surface area contributed by atoms with Crippen LogP contribution in [0.1, 0.15) is 271 Å². The molecule has 0 aromatic rings. The second kappa shape index (κ2) is 62.0. The van der Waals surface area contributed by atoms with Gasteiger partial charge in [-0.05, 0) is 109 Å². The van der Waals surface area contributed by atoms with Crippen molar-refractivity contribution in [2.24, 2.45) is 0 Å². The number of unbranched alkanes of at least 4 members (excludes halogenated alkanes) is 26. The molecule has 0 aliphatic rings. The Balaban J connectivity index is 4.04. The van der Waals surface area contributed by atoms with Crippen LogP contribution in [0.25, 0.3) is 0 Å². The van der Waals surface area contributed by atoms with Gasteiger partial charge in [-0.1, -0.05) is 270 Å². The number of likely N-dealkylation sites (N-methyl/N-ethyl adjacent to an activating group) is 1. The summed E-state index contributed by atoms with van der Waals surface area (Å²) in [5, 5.41) is 0. The molecule has 0 aliphatic heterocycles. The maximum atomic E-state index is 12.8. The number of hydrogen-bond acceptors (Lipinski definition) is 7. The van der Waals surface area contributed by atoms with Gasteiger partial charge < -0.3 is 18.9 Å². The summed E-state index contributed by atoms with van der Waals surface area (Å²) in [6.45, 7) is 4.32. The number of phosphoric acid groups is 1. The summed E-state index contributed by atoms with van der Waals surface area (Å²) in [6.07, 6.45) is 88.6. The average molecular weight is 1160 g/mol. The van der Waals surface area contributed by atoms with Gasteiger partial charge in [-0.25, -0.2) is 4.57 Å². The smallest absolute Gasteiger partial charge is 0.462 e. The Morgan fingerprint density at radius 1 is 0.390 bits per heavy atom. The molecule has 0 bridgehead atoms. The first kappa shape index (κ1) is 78.4. The molecule has 82 heavy (non-hydrogen) atoms. The van der Waals surface area contributed by atoms with E-state index in [1.54, 1.807) is 0 Å². The van der Waals surface area contributed by atoms with Gasteiger partial charge in [0.2, 0.25) is 0 Å². The van der Waals surface area contributed by atoms with Gasteiger partial charge in [0.15, 0.2) is 6.10 Å². The summed E-state index contributed by atoms with van der Waals surface area (Å²) < 4.78 is 34.6. The molecule has 10 heteroatoms. The van der Waals surface area contributed by atoms with Crippen LogP contribution in [0.3, 0.4) is 0 Å². The lowest BCUT2D eigenvalue weighted by Gasteiger charge is -2.24. The van der Waals surface area contributed by atoms with E-state index in [9.17, 15) is 19.0 Å². The largest absolute Gasteiger partial charge is 0.472 e. The molecular formula is C72H125NO8P+. The molecule has 0 rings (SSSR count). The molecule has 2 atom stereocenters. The molecule has 0 radical (unpaired) electrons. The van der Waals surface area contributed by atoms with Crippen LogP contribution in [0.15, 0.2) is 122 Å². The minimum Gasteiger partial charge on any atom is -0.462 e. The van der Waals surface area contributed by atoms with Gasteiger partial charge in [0.05, 0.1) is 27.7 Å². The van der Waals surface area contributed by atoms with E-state index < -0.39 is 26.5 Å². The molecule has 0 spiro atoms. The highest BCUT2D eigenvalue weighted by Gasteiger charge is 2.27. The van der Waals surface area contributed by atoms with Crippen LogP contribution < -0.4 is 0 Å². The third kappa shape index (κ3) is 65.6. The van der Waals surface area contributed by atoms with E-state index in [4.69, 9.17) is 18.5 Å². The molecule has 0 amide bonds. The van der Waals surface area contributed by atoms with E-state index in [-0.39, 0.29) is 32.0 Å². The molecule has 0 aromatic carbocycles. The number of carbonyl (C=O) groups is 2. The number of ether oxygens (including phenoxy) is 2. The van der Waals surface area contributed by atoms with E-state index in [0.29, 0.717) is 17.4 Å². The maximum absolute atomic E-state index is 12.8. The van der Waals surface area contributed by atoms with Crippen LogP contribution in [-0.4, -0.2) is 74.9 Å². The van der Waals surface area contributed by atoms with E-state index in [0.717, 1.165) is 109 Å². The standard InChI is InChI=1S/C72H124NO8P/c1-6-8-10-12-14-16-18-20-22-24-25-26-27-28-29-30-31-32-33-34-35-36-37-38-39-40-41-42-43-44-45-46-47-49-51-53-55-57-59-61-63-65-72(75)81-70(69-80-82(76,77)79-67-66-73(3,4)5)68-78-71(74)64-62-60-58-56-54-52-50-48-23-21-19-17-15-13-11-9-7-2/h8,10,14,16,20-23,25-26,28-29,31-32,34-35,37-38,40-41,70H,6-7,9,11-13,15,17-19,24,27,30,33,36,39,42-69H2,1-5H3/p+1/b10-8-,16-14-,22-20-,23-21-,26-25-,29-28-,32-31-,35-34-,38-37-,41-40-. The van der Waals surface area contributed by atoms with Crippen molar-refractivity contribution in [3.05, 3.63) is 122 Å². The lowest BCUT2D eigenvalue weighted by atomic mass is 10.0. The van der Waals surface area contributed by atoms with Crippen LogP contribution in [0.2, 0.25) is 0 Å². The highest BCUT2D eigenvalue weighted by atomic mass is 31.2. The minimum absolute atomic E-state index is 0.0271. The number of hydrogen-bond donors (Lipinski definition) is 1. The van der Waals surface area contributed by atoms with Crippen LogP contribution in [0, 0.1) is 0 Å². The quantitative estimate of drug-likeness (QED) is 0.0211. The molecule has 0 heterocycles. The fourth-order valence-corrected chi connectivity index (χ4v) is 9.63. The molecule has 0 aliphatic carbocycles. The fourth-order valence-electron chi connectivity index (χ4n) is 8.89. The van der Waals surface area contributed by atoms with Crippen molar-refractivity contribution in [2.45, 2.75) is 277 Å². The Hall–Kier alpha value is -3.59. The summed E-state index contributed by atoms with van der Waals surface area (Å²) in [6, 6.07) is 0. The Morgan fingerprint density at radius 3 is 1.05 bits per heavy atom. The van der Waals surface area contributed by atoms with Gasteiger partial charge in [0, 0.05) is 12.8 Å². The average Bonchev–Trinajstić information content (AvgIpc) is 3.45. The fraction of sp³-hybridized carbons (Fsp3) is 0.694. The number of phosphoric ester groups is 1. The maximum Gasteiger partial charge on any atom is 0.472 e. The molecule has 0 saturated carbocycles. The minimum atomic E-state index is -4.39. The van der Waals surface area contributed by atoms with Gasteiger partial charge in [-0.3, -0.25) is 18.6 Å². The van der Waals surface area contributed by atoms with Crippen molar-refractivity contribution >= 4 is 19.8 Å². The summed E-state index contributed by atoms with van der Waals surface area (Å²) >= 11 is 0. The summed E-state index contributed by atoms with van der Waals surface area (Å²) in [5.41, 5.74) is 0. The zero-order valence-electron chi connectivity index (χ0n) is 53.4. The van der Waals surface area contributed by atoms with Crippen LogP contribution in [-0.2, 0) is 32.7 Å². The SMILES string of the molecule is CC/C=C\C/C=C\C/C=C\C/C=C\C/C=C\C/C=C\C/C=C\C/C=C\C/C=C\CCCCCCCCCCCCCCCC(=O)OC(COC(=O)CCCCCCCCC/C=C\CCCCCCCC)COP(=O)(O)OCC[N+](C)(C)C. The number of allylic oxidation sites excluding steroid dienone is 20. The first-order chi connectivity index (χ1) is 40.0. The van der Waals surface area contributed by atoms with Crippen molar-refractivity contribution in [1.29, 1.82) is 0 Å². The van der Waals surface area contributed by atoms with E-state index in [1.807, 2.05) is 21.1 Å². The van der Waals surface area contributed by atoms with Crippen molar-refractivity contribution in [3.8, 4) is 0 Å². The van der Waals surface area contributed by atoms with Crippen molar-refractivity contribution in [3.63, 3.8) is 0 Å². The second-order valence-corrected chi connectivity index (χ2v) is 24.6. The summed E-state index contributed by atoms with van der Waals surface area (Å²) in [5.74, 6) is -0.803. The molecule has 470 valence electrons. The second-order valence-electron chi connectivity index (χ2n) is 23.1. The highest BCUT2D eigenvalue weighted by Crippen LogP contribution is 2.43. The van der Waals surface area contributed by atoms with E-state index in [2.05, 4.69) is 135 Å². The molecule has 1 N–H and O–H groups in total. The Bertz CT molecular complexity index is 1800. The van der Waals surface area contributed by atoms with Gasteiger partial charge in [-0.15, -0.1) is 0 Å². The molecule has 9 nitrogen and oxygen atoms in total. The van der Waals surface area contributed by atoms with Gasteiger partial charge in [0.25, 0.3) is 0 Å². The molecule has 0 saturated heterocycles. The Morgan fingerprint density at radius 2 is 0.695 bits per heavy atom. The van der Waals surface area contributed by atoms with E-state index in [1.165, 1.54) is 128 Å². The zero-order valence-corrected chi connectivity index (χ0v) is 54.3. The first-order valence-corrected chi connectivity index (χ1v) is 34.8. The number of esters is 2.